The highest BCUT2D eigenvalue weighted by atomic mass is 19.4. The summed E-state index contributed by atoms with van der Waals surface area (Å²) in [5.41, 5.74) is 2.79. The Balaban J connectivity index is 1.37. The van der Waals surface area contributed by atoms with Gasteiger partial charge in [0.15, 0.2) is 5.82 Å². The van der Waals surface area contributed by atoms with E-state index in [1.165, 1.54) is 12.4 Å². The van der Waals surface area contributed by atoms with Crippen molar-refractivity contribution in [2.24, 2.45) is 4.99 Å². The van der Waals surface area contributed by atoms with Crippen LogP contribution in [-0.4, -0.2) is 41.9 Å². The van der Waals surface area contributed by atoms with E-state index in [1.54, 1.807) is 24.5 Å². The fourth-order valence-electron chi connectivity index (χ4n) is 4.49. The van der Waals surface area contributed by atoms with E-state index in [4.69, 9.17) is 0 Å². The zero-order chi connectivity index (χ0) is 27.9. The maximum Gasteiger partial charge on any atom is 0.416 e. The second-order valence-corrected chi connectivity index (χ2v) is 9.02. The molecule has 3 aliphatic heterocycles. The summed E-state index contributed by atoms with van der Waals surface area (Å²) in [6.45, 7) is 3.28. The molecule has 0 radical (unpaired) electrons. The van der Waals surface area contributed by atoms with Crippen molar-refractivity contribution < 1.29 is 18.0 Å². The van der Waals surface area contributed by atoms with Crippen molar-refractivity contribution in [2.45, 2.75) is 19.6 Å². The number of rotatable bonds is 4. The Morgan fingerprint density at radius 2 is 1.90 bits per heavy atom. The van der Waals surface area contributed by atoms with Gasteiger partial charge in [-0.3, -0.25) is 14.8 Å². The van der Waals surface area contributed by atoms with Crippen LogP contribution in [0.15, 0.2) is 72.4 Å². The SMILES string of the molecule is Cc1ccc(NC(=O)c2cc(C(F)(F)F)ccn2)cc1-c1cc2cnc(=Nc3cnccn3)nc-2n2c1NCC2. The molecule has 13 heteroatoms. The third kappa shape index (κ3) is 4.84. The fraction of sp³-hybridized carbons (Fsp3) is 0.148. The standard InChI is InChI=1S/C27H20F3N9O/c1-15-2-3-18(36-25(40)21-11-17(4-5-32-21)27(28,29)30)12-19(15)20-10-16-13-35-26(37-22-14-31-6-7-33-22)38-23(16)39-9-8-34-24(20)39/h2-7,10-14,34H,8-9H2,1H3,(H,36,40). The van der Waals surface area contributed by atoms with E-state index < -0.39 is 17.6 Å². The summed E-state index contributed by atoms with van der Waals surface area (Å²) in [5, 5.41) is 6.07. The van der Waals surface area contributed by atoms with Gasteiger partial charge in [-0.15, -0.1) is 0 Å². The lowest BCUT2D eigenvalue weighted by Crippen LogP contribution is -2.17. The Morgan fingerprint density at radius 3 is 2.70 bits per heavy atom. The molecule has 0 atom stereocenters. The molecule has 200 valence electrons. The molecule has 3 aromatic rings. The van der Waals surface area contributed by atoms with Crippen LogP contribution in [0.5, 0.6) is 0 Å². The predicted octanol–water partition coefficient (Wildman–Crippen LogP) is 4.47. The topological polar surface area (TPSA) is 123 Å². The number of carbonyl (C=O) groups excluding carboxylic acids is 1. The van der Waals surface area contributed by atoms with Crippen LogP contribution in [0.4, 0.5) is 30.5 Å². The van der Waals surface area contributed by atoms with Crippen LogP contribution in [0.3, 0.4) is 0 Å². The fourth-order valence-corrected chi connectivity index (χ4v) is 4.49. The van der Waals surface area contributed by atoms with Crippen molar-refractivity contribution >= 4 is 23.2 Å². The van der Waals surface area contributed by atoms with Crippen LogP contribution in [0.25, 0.3) is 22.5 Å². The summed E-state index contributed by atoms with van der Waals surface area (Å²) in [6, 6.07) is 8.80. The van der Waals surface area contributed by atoms with Crippen LogP contribution < -0.4 is 16.3 Å². The summed E-state index contributed by atoms with van der Waals surface area (Å²) in [7, 11) is 0. The predicted molar refractivity (Wildman–Crippen MR) is 140 cm³/mol. The minimum atomic E-state index is -4.58. The molecule has 2 aromatic heterocycles. The Labute approximate surface area is 225 Å². The Hall–Kier alpha value is -5.20. The number of fused-ring (bicyclic) bond motifs is 3. The van der Waals surface area contributed by atoms with Gasteiger partial charge < -0.3 is 15.2 Å². The smallest absolute Gasteiger partial charge is 0.369 e. The highest BCUT2D eigenvalue weighted by Gasteiger charge is 2.31. The number of pyridine rings is 2. The number of benzene rings is 1. The number of halogens is 3. The first kappa shape index (κ1) is 25.1. The second-order valence-electron chi connectivity index (χ2n) is 9.02. The Bertz CT molecular complexity index is 1790. The molecular weight excluding hydrogens is 523 g/mol. The number of carbonyl (C=O) groups is 1. The molecule has 3 aliphatic rings. The first-order valence-corrected chi connectivity index (χ1v) is 12.2. The third-order valence-corrected chi connectivity index (χ3v) is 6.36. The van der Waals surface area contributed by atoms with E-state index >= 15 is 0 Å². The number of aromatic nitrogens is 6. The van der Waals surface area contributed by atoms with Crippen molar-refractivity contribution in [2.75, 3.05) is 17.2 Å². The van der Waals surface area contributed by atoms with Gasteiger partial charge in [0.25, 0.3) is 11.5 Å². The molecule has 6 rings (SSSR count). The largest absolute Gasteiger partial charge is 0.416 e. The van der Waals surface area contributed by atoms with Gasteiger partial charge in [0, 0.05) is 54.7 Å². The van der Waals surface area contributed by atoms with Gasteiger partial charge in [-0.2, -0.15) is 23.1 Å². The number of hydrogen-bond donors (Lipinski definition) is 2. The molecule has 1 aromatic carbocycles. The number of anilines is 2. The number of nitrogens with one attached hydrogen (secondary N) is 2. The molecular formula is C27H20F3N9O. The van der Waals surface area contributed by atoms with Crippen LogP contribution in [0, 0.1) is 6.92 Å². The average molecular weight is 544 g/mol. The van der Waals surface area contributed by atoms with Crippen molar-refractivity contribution in [1.29, 1.82) is 0 Å². The quantitative estimate of drug-likeness (QED) is 0.343. The minimum Gasteiger partial charge on any atom is -0.369 e. The summed E-state index contributed by atoms with van der Waals surface area (Å²) >= 11 is 0. The second kappa shape index (κ2) is 9.84. The van der Waals surface area contributed by atoms with Crippen LogP contribution in [0.1, 0.15) is 21.6 Å². The maximum absolute atomic E-state index is 13.1. The minimum absolute atomic E-state index is 0.256. The summed E-state index contributed by atoms with van der Waals surface area (Å²) in [6.07, 6.45) is 2.69. The highest BCUT2D eigenvalue weighted by molar-refractivity contribution is 6.03. The first-order chi connectivity index (χ1) is 19.3. The first-order valence-electron chi connectivity index (χ1n) is 12.2. The Kier molecular flexibility index (Phi) is 6.17. The van der Waals surface area contributed by atoms with Crippen molar-refractivity contribution in [1.82, 2.24) is 29.5 Å². The molecule has 10 nitrogen and oxygen atoms in total. The molecule has 0 bridgehead atoms. The average Bonchev–Trinajstić information content (AvgIpc) is 3.45. The molecule has 5 heterocycles. The van der Waals surface area contributed by atoms with E-state index in [9.17, 15) is 18.0 Å². The van der Waals surface area contributed by atoms with Gasteiger partial charge in [0.05, 0.1) is 11.8 Å². The zero-order valence-corrected chi connectivity index (χ0v) is 20.9. The highest BCUT2D eigenvalue weighted by Crippen LogP contribution is 2.39. The third-order valence-electron chi connectivity index (χ3n) is 6.36. The summed E-state index contributed by atoms with van der Waals surface area (Å²) < 4.78 is 41.3. The van der Waals surface area contributed by atoms with Crippen molar-refractivity contribution in [3.63, 3.8) is 0 Å². The molecule has 40 heavy (non-hydrogen) atoms. The van der Waals surface area contributed by atoms with E-state index in [0.717, 1.165) is 46.4 Å². The van der Waals surface area contributed by atoms with Crippen molar-refractivity contribution in [3.8, 4) is 22.5 Å². The molecule has 1 amide bonds. The van der Waals surface area contributed by atoms with Gasteiger partial charge in [-0.05, 0) is 48.4 Å². The normalized spacial score (nSPS) is 13.2. The van der Waals surface area contributed by atoms with E-state index in [2.05, 4.69) is 40.5 Å². The number of alkyl halides is 3. The van der Waals surface area contributed by atoms with E-state index in [1.807, 2.05) is 23.6 Å². The van der Waals surface area contributed by atoms with Gasteiger partial charge in [0.2, 0.25) is 0 Å². The number of nitrogens with zero attached hydrogens (tertiary/aromatic N) is 7. The molecule has 0 saturated carbocycles. The lowest BCUT2D eigenvalue weighted by Gasteiger charge is -2.19. The summed E-state index contributed by atoms with van der Waals surface area (Å²) in [5.74, 6) is 1.18. The van der Waals surface area contributed by atoms with Crippen LogP contribution in [0.2, 0.25) is 0 Å². The van der Waals surface area contributed by atoms with Gasteiger partial charge in [-0.1, -0.05) is 6.07 Å². The summed E-state index contributed by atoms with van der Waals surface area (Å²) in [4.78, 5) is 38.1. The van der Waals surface area contributed by atoms with E-state index in [-0.39, 0.29) is 11.3 Å². The molecule has 0 saturated heterocycles. The van der Waals surface area contributed by atoms with Gasteiger partial charge in [-0.25, -0.2) is 9.97 Å². The number of amides is 1. The lowest BCUT2D eigenvalue weighted by molar-refractivity contribution is -0.137. The van der Waals surface area contributed by atoms with Crippen molar-refractivity contribution in [3.05, 3.63) is 89.8 Å². The van der Waals surface area contributed by atoms with E-state index in [0.29, 0.717) is 30.4 Å². The van der Waals surface area contributed by atoms with Gasteiger partial charge in [0.1, 0.15) is 17.3 Å². The molecule has 0 fully saturated rings. The van der Waals surface area contributed by atoms with Gasteiger partial charge >= 0.3 is 6.18 Å². The molecule has 0 spiro atoms. The molecule has 0 aliphatic carbocycles. The maximum atomic E-state index is 13.1. The molecule has 2 N–H and O–H groups in total. The Morgan fingerprint density at radius 1 is 1.02 bits per heavy atom. The lowest BCUT2D eigenvalue weighted by atomic mass is 9.98. The van der Waals surface area contributed by atoms with Crippen LogP contribution >= 0.6 is 0 Å². The van der Waals surface area contributed by atoms with Crippen LogP contribution in [-0.2, 0) is 12.7 Å². The molecule has 0 unspecified atom stereocenters. The zero-order valence-electron chi connectivity index (χ0n) is 20.9. The number of hydrogen-bond acceptors (Lipinski definition) is 8. The monoisotopic (exact) mass is 543 g/mol. The number of aryl methyl sites for hydroxylation is 1.